The van der Waals surface area contributed by atoms with Crippen LogP contribution in [-0.2, 0) is 13.0 Å². The van der Waals surface area contributed by atoms with Gasteiger partial charge in [0, 0.05) is 4.88 Å². The summed E-state index contributed by atoms with van der Waals surface area (Å²) < 4.78 is 5.71. The van der Waals surface area contributed by atoms with Crippen LogP contribution >= 0.6 is 11.3 Å². The zero-order valence-electron chi connectivity index (χ0n) is 9.77. The van der Waals surface area contributed by atoms with E-state index in [-0.39, 0.29) is 0 Å². The van der Waals surface area contributed by atoms with Gasteiger partial charge in [0.1, 0.15) is 0 Å². The van der Waals surface area contributed by atoms with E-state index in [0.717, 1.165) is 12.3 Å². The van der Waals surface area contributed by atoms with Crippen LogP contribution in [0.4, 0.5) is 0 Å². The summed E-state index contributed by atoms with van der Waals surface area (Å²) in [4.78, 5) is 1.48. The Morgan fingerprint density at radius 1 is 1.53 bits per heavy atom. The van der Waals surface area contributed by atoms with Crippen molar-refractivity contribution in [2.24, 2.45) is 0 Å². The van der Waals surface area contributed by atoms with Gasteiger partial charge in [0.05, 0.1) is 12.5 Å². The smallest absolute Gasteiger partial charge is 0.230 e. The van der Waals surface area contributed by atoms with Gasteiger partial charge in [-0.05, 0) is 43.3 Å². The van der Waals surface area contributed by atoms with E-state index in [1.165, 1.54) is 23.3 Å². The molecule has 1 atom stereocenters. The normalized spacial score (nSPS) is 19.2. The molecule has 1 unspecified atom stereocenters. The van der Waals surface area contributed by atoms with Crippen LogP contribution in [0.5, 0.6) is 0 Å². The Morgan fingerprint density at radius 3 is 3.35 bits per heavy atom. The monoisotopic (exact) mass is 249 g/mol. The molecule has 17 heavy (non-hydrogen) atoms. The lowest BCUT2D eigenvalue weighted by Crippen LogP contribution is -2.08. The lowest BCUT2D eigenvalue weighted by atomic mass is 9.88. The number of hydrogen-bond acceptors (Lipinski definition) is 5. The van der Waals surface area contributed by atoms with E-state index in [1.807, 2.05) is 18.4 Å². The average molecular weight is 249 g/mol. The topological polar surface area (TPSA) is 51.0 Å². The summed E-state index contributed by atoms with van der Waals surface area (Å²) in [7, 11) is 1.88. The molecule has 1 N–H and O–H groups in total. The molecule has 0 saturated heterocycles. The van der Waals surface area contributed by atoms with E-state index in [2.05, 4.69) is 27.0 Å². The van der Waals surface area contributed by atoms with Crippen molar-refractivity contribution in [3.63, 3.8) is 0 Å². The van der Waals surface area contributed by atoms with Crippen molar-refractivity contribution in [2.75, 3.05) is 7.05 Å². The van der Waals surface area contributed by atoms with E-state index in [1.54, 1.807) is 0 Å². The van der Waals surface area contributed by atoms with Crippen molar-refractivity contribution < 1.29 is 4.42 Å². The molecule has 2 aromatic heterocycles. The van der Waals surface area contributed by atoms with Crippen molar-refractivity contribution in [1.29, 1.82) is 0 Å². The summed E-state index contributed by atoms with van der Waals surface area (Å²) in [6.45, 7) is 0.635. The van der Waals surface area contributed by atoms with Crippen LogP contribution in [0, 0.1) is 0 Å². The van der Waals surface area contributed by atoms with Crippen LogP contribution in [0.15, 0.2) is 15.9 Å². The highest BCUT2D eigenvalue weighted by Gasteiger charge is 2.27. The van der Waals surface area contributed by atoms with Crippen molar-refractivity contribution in [3.05, 3.63) is 33.7 Å². The molecular weight excluding hydrogens is 234 g/mol. The van der Waals surface area contributed by atoms with Crippen molar-refractivity contribution in [3.8, 4) is 0 Å². The van der Waals surface area contributed by atoms with Gasteiger partial charge in [-0.15, -0.1) is 21.5 Å². The second-order valence-electron chi connectivity index (χ2n) is 4.31. The summed E-state index contributed by atoms with van der Waals surface area (Å²) >= 11 is 1.84. The van der Waals surface area contributed by atoms with Crippen molar-refractivity contribution in [1.82, 2.24) is 15.5 Å². The van der Waals surface area contributed by atoms with Gasteiger partial charge >= 0.3 is 0 Å². The van der Waals surface area contributed by atoms with Crippen LogP contribution < -0.4 is 5.32 Å². The number of fused-ring (bicyclic) bond motifs is 1. The Kier molecular flexibility index (Phi) is 2.94. The predicted molar refractivity (Wildman–Crippen MR) is 66.2 cm³/mol. The molecule has 0 bridgehead atoms. The number of aromatic nitrogens is 2. The number of nitrogens with zero attached hydrogens (tertiary/aromatic N) is 2. The van der Waals surface area contributed by atoms with Gasteiger partial charge in [0.15, 0.2) is 0 Å². The fourth-order valence-corrected chi connectivity index (χ4v) is 3.36. The second kappa shape index (κ2) is 4.58. The van der Waals surface area contributed by atoms with Crippen LogP contribution in [0.25, 0.3) is 0 Å². The number of hydrogen-bond donors (Lipinski definition) is 1. The molecule has 90 valence electrons. The summed E-state index contributed by atoms with van der Waals surface area (Å²) in [5.74, 6) is 1.75. The zero-order chi connectivity index (χ0) is 11.7. The molecule has 0 spiro atoms. The molecule has 1 aliphatic rings. The highest BCUT2D eigenvalue weighted by Crippen LogP contribution is 2.38. The highest BCUT2D eigenvalue weighted by atomic mass is 32.1. The van der Waals surface area contributed by atoms with E-state index in [0.29, 0.717) is 18.4 Å². The van der Waals surface area contributed by atoms with Gasteiger partial charge in [-0.25, -0.2) is 0 Å². The average Bonchev–Trinajstić information content (AvgIpc) is 2.96. The molecule has 0 aliphatic heterocycles. The second-order valence-corrected chi connectivity index (χ2v) is 5.31. The molecule has 0 amide bonds. The molecule has 0 saturated carbocycles. The predicted octanol–water partition coefficient (Wildman–Crippen LogP) is 2.32. The van der Waals surface area contributed by atoms with Gasteiger partial charge in [0.2, 0.25) is 11.8 Å². The number of thiophene rings is 1. The first-order valence-corrected chi connectivity index (χ1v) is 6.79. The van der Waals surface area contributed by atoms with Gasteiger partial charge in [0.25, 0.3) is 0 Å². The first-order valence-electron chi connectivity index (χ1n) is 5.91. The van der Waals surface area contributed by atoms with Crippen LogP contribution in [0.1, 0.15) is 41.0 Å². The largest absolute Gasteiger partial charge is 0.423 e. The molecule has 4 nitrogen and oxygen atoms in total. The van der Waals surface area contributed by atoms with E-state index in [9.17, 15) is 0 Å². The molecule has 5 heteroatoms. The maximum atomic E-state index is 5.71. The van der Waals surface area contributed by atoms with Crippen molar-refractivity contribution in [2.45, 2.75) is 31.7 Å². The van der Waals surface area contributed by atoms with Gasteiger partial charge in [-0.2, -0.15) is 0 Å². The van der Waals surface area contributed by atoms with Crippen LogP contribution in [0.2, 0.25) is 0 Å². The van der Waals surface area contributed by atoms with E-state index < -0.39 is 0 Å². The quantitative estimate of drug-likeness (QED) is 0.907. The zero-order valence-corrected chi connectivity index (χ0v) is 10.6. The minimum atomic E-state index is 0.308. The third kappa shape index (κ3) is 2.00. The SMILES string of the molecule is CNCc1nnc(C2CCCc3sccc32)o1. The number of nitrogens with one attached hydrogen (secondary N) is 1. The fourth-order valence-electron chi connectivity index (χ4n) is 2.37. The Labute approximate surface area is 104 Å². The Balaban J connectivity index is 1.90. The molecule has 0 aromatic carbocycles. The minimum Gasteiger partial charge on any atom is -0.423 e. The first kappa shape index (κ1) is 10.9. The molecular formula is C12H15N3OS. The maximum Gasteiger partial charge on any atom is 0.230 e. The molecule has 0 radical (unpaired) electrons. The molecule has 1 aliphatic carbocycles. The van der Waals surface area contributed by atoms with Gasteiger partial charge in [-0.3, -0.25) is 0 Å². The summed E-state index contributed by atoms with van der Waals surface area (Å²) in [5.41, 5.74) is 1.39. The van der Waals surface area contributed by atoms with Crippen LogP contribution in [0.3, 0.4) is 0 Å². The third-order valence-corrected chi connectivity index (χ3v) is 4.16. The Hall–Kier alpha value is -1.20. The lowest BCUT2D eigenvalue weighted by Gasteiger charge is -2.18. The maximum absolute atomic E-state index is 5.71. The molecule has 0 fully saturated rings. The number of aryl methyl sites for hydroxylation is 1. The third-order valence-electron chi connectivity index (χ3n) is 3.16. The fraction of sp³-hybridized carbons (Fsp3) is 0.500. The molecule has 3 rings (SSSR count). The molecule has 2 heterocycles. The summed E-state index contributed by atoms with van der Waals surface area (Å²) in [5, 5.41) is 13.4. The minimum absolute atomic E-state index is 0.308. The first-order chi connectivity index (χ1) is 8.38. The molecule has 2 aromatic rings. The van der Waals surface area contributed by atoms with E-state index in [4.69, 9.17) is 4.42 Å². The summed E-state index contributed by atoms with van der Waals surface area (Å²) in [6.07, 6.45) is 3.52. The standard InChI is InChI=1S/C12H15N3OS/c1-13-7-11-14-15-12(16-11)9-3-2-4-10-8(9)5-6-17-10/h5-6,9,13H,2-4,7H2,1H3. The summed E-state index contributed by atoms with van der Waals surface area (Å²) in [6, 6.07) is 2.20. The van der Waals surface area contributed by atoms with Gasteiger partial charge in [-0.1, -0.05) is 0 Å². The van der Waals surface area contributed by atoms with Gasteiger partial charge < -0.3 is 9.73 Å². The van der Waals surface area contributed by atoms with E-state index >= 15 is 0 Å². The lowest BCUT2D eigenvalue weighted by molar-refractivity contribution is 0.408. The highest BCUT2D eigenvalue weighted by molar-refractivity contribution is 7.10. The number of rotatable bonds is 3. The Morgan fingerprint density at radius 2 is 2.47 bits per heavy atom. The van der Waals surface area contributed by atoms with Crippen molar-refractivity contribution >= 4 is 11.3 Å². The Bertz CT molecular complexity index is 505. The van der Waals surface area contributed by atoms with Crippen LogP contribution in [-0.4, -0.2) is 17.2 Å².